The molecule has 1 aromatic carbocycles. The van der Waals surface area contributed by atoms with Crippen LogP contribution in [0.1, 0.15) is 44.7 Å². The molecule has 29 heavy (non-hydrogen) atoms. The molecule has 3 N–H and O–H groups in total. The van der Waals surface area contributed by atoms with Crippen LogP contribution in [0.3, 0.4) is 0 Å². The molecule has 1 aliphatic rings. The molecule has 1 aliphatic heterocycles. The van der Waals surface area contributed by atoms with Crippen LogP contribution in [-0.4, -0.2) is 50.1 Å². The van der Waals surface area contributed by atoms with Crippen LogP contribution < -0.4 is 20.5 Å². The minimum absolute atomic E-state index is 0. The third-order valence-electron chi connectivity index (χ3n) is 5.15. The number of ether oxygens (including phenoxy) is 2. The lowest BCUT2D eigenvalue weighted by atomic mass is 9.87. The van der Waals surface area contributed by atoms with Crippen molar-refractivity contribution >= 4 is 24.2 Å². The fourth-order valence-corrected chi connectivity index (χ4v) is 3.21. The van der Waals surface area contributed by atoms with Gasteiger partial charge in [-0.3, -0.25) is 9.59 Å². The average Bonchev–Trinajstić information content (AvgIpc) is 2.67. The highest BCUT2D eigenvalue weighted by molar-refractivity contribution is 5.85. The van der Waals surface area contributed by atoms with E-state index in [9.17, 15) is 9.59 Å². The molecule has 2 rings (SSSR count). The van der Waals surface area contributed by atoms with Gasteiger partial charge in [-0.05, 0) is 41.5 Å². The van der Waals surface area contributed by atoms with Crippen molar-refractivity contribution in [2.75, 3.05) is 27.3 Å². The summed E-state index contributed by atoms with van der Waals surface area (Å²) < 4.78 is 10.7. The van der Waals surface area contributed by atoms with Crippen LogP contribution in [0.15, 0.2) is 12.1 Å². The van der Waals surface area contributed by atoms with E-state index in [1.54, 1.807) is 14.2 Å². The number of carbonyl (C=O) groups is 2. The van der Waals surface area contributed by atoms with Crippen LogP contribution in [-0.2, 0) is 22.6 Å². The van der Waals surface area contributed by atoms with Gasteiger partial charge in [0.1, 0.15) is 0 Å². The smallest absolute Gasteiger partial charge is 0.237 e. The molecule has 164 valence electrons. The fourth-order valence-electron chi connectivity index (χ4n) is 3.21. The number of carbonyl (C=O) groups excluding carboxylic acids is 2. The van der Waals surface area contributed by atoms with Crippen molar-refractivity contribution in [2.24, 2.45) is 11.1 Å². The van der Waals surface area contributed by atoms with Crippen molar-refractivity contribution in [3.05, 3.63) is 23.3 Å². The van der Waals surface area contributed by atoms with E-state index in [0.717, 1.165) is 12.0 Å². The lowest BCUT2D eigenvalue weighted by Gasteiger charge is -2.30. The quantitative estimate of drug-likeness (QED) is 0.651. The summed E-state index contributed by atoms with van der Waals surface area (Å²) in [4.78, 5) is 26.4. The molecule has 0 radical (unpaired) electrons. The zero-order valence-corrected chi connectivity index (χ0v) is 18.9. The molecule has 0 unspecified atom stereocenters. The van der Waals surface area contributed by atoms with Crippen molar-refractivity contribution in [1.29, 1.82) is 0 Å². The molecule has 7 nitrogen and oxygen atoms in total. The second-order valence-corrected chi connectivity index (χ2v) is 8.28. The Morgan fingerprint density at radius 1 is 1.17 bits per heavy atom. The summed E-state index contributed by atoms with van der Waals surface area (Å²) in [5, 5.41) is 2.83. The van der Waals surface area contributed by atoms with E-state index in [4.69, 9.17) is 15.2 Å². The van der Waals surface area contributed by atoms with Crippen molar-refractivity contribution in [3.63, 3.8) is 0 Å². The zero-order chi connectivity index (χ0) is 20.9. The number of amides is 2. The fraction of sp³-hybridized carbons (Fsp3) is 0.619. The minimum Gasteiger partial charge on any atom is -0.493 e. The Hall–Kier alpha value is -1.99. The number of nitrogens with two attached hydrogens (primary N) is 1. The van der Waals surface area contributed by atoms with E-state index >= 15 is 0 Å². The molecule has 1 atom stereocenters. The first kappa shape index (κ1) is 25.0. The summed E-state index contributed by atoms with van der Waals surface area (Å²) in [6.45, 7) is 7.49. The lowest BCUT2D eigenvalue weighted by molar-refractivity contribution is -0.132. The number of halogens is 1. The molecule has 8 heteroatoms. The summed E-state index contributed by atoms with van der Waals surface area (Å²) in [5.74, 6) is 1.31. The highest BCUT2D eigenvalue weighted by Gasteiger charge is 2.27. The largest absolute Gasteiger partial charge is 0.493 e. The standard InChI is InChI=1S/C21H33N3O4.ClH/c1-21(2,3)19(22)20(26)23-9-6-7-18(25)24-10-8-14-11-16(27-4)17(28-5)12-15(14)13-24;/h11-12,19H,6-10,13,22H2,1-5H3,(H,23,26);1H/t19-;/m1./s1. The predicted octanol–water partition coefficient (Wildman–Crippen LogP) is 2.28. The van der Waals surface area contributed by atoms with Crippen molar-refractivity contribution in [3.8, 4) is 11.5 Å². The van der Waals surface area contributed by atoms with E-state index in [1.165, 1.54) is 5.56 Å². The van der Waals surface area contributed by atoms with Gasteiger partial charge in [-0.1, -0.05) is 20.8 Å². The molecular formula is C21H34ClN3O4. The zero-order valence-electron chi connectivity index (χ0n) is 18.0. The number of nitrogens with zero attached hydrogens (tertiary/aromatic N) is 1. The first-order valence-corrected chi connectivity index (χ1v) is 9.72. The summed E-state index contributed by atoms with van der Waals surface area (Å²) in [6, 6.07) is 3.37. The first-order valence-electron chi connectivity index (χ1n) is 9.72. The predicted molar refractivity (Wildman–Crippen MR) is 116 cm³/mol. The van der Waals surface area contributed by atoms with E-state index in [-0.39, 0.29) is 29.6 Å². The van der Waals surface area contributed by atoms with E-state index in [0.29, 0.717) is 44.0 Å². The summed E-state index contributed by atoms with van der Waals surface area (Å²) >= 11 is 0. The molecular weight excluding hydrogens is 394 g/mol. The third kappa shape index (κ3) is 6.51. The number of rotatable bonds is 7. The number of methoxy groups -OCH3 is 2. The van der Waals surface area contributed by atoms with Crippen molar-refractivity contribution < 1.29 is 19.1 Å². The van der Waals surface area contributed by atoms with Gasteiger partial charge in [0.05, 0.1) is 20.3 Å². The van der Waals surface area contributed by atoms with Gasteiger partial charge >= 0.3 is 0 Å². The van der Waals surface area contributed by atoms with Gasteiger partial charge in [0.25, 0.3) is 0 Å². The van der Waals surface area contributed by atoms with Gasteiger partial charge in [0.15, 0.2) is 11.5 Å². The summed E-state index contributed by atoms with van der Waals surface area (Å²) in [7, 11) is 3.23. The van der Waals surface area contributed by atoms with Crippen LogP contribution in [0.2, 0.25) is 0 Å². The van der Waals surface area contributed by atoms with Crippen LogP contribution >= 0.6 is 12.4 Å². The maximum atomic E-state index is 12.6. The Labute approximate surface area is 179 Å². The van der Waals surface area contributed by atoms with Gasteiger partial charge < -0.3 is 25.4 Å². The molecule has 0 bridgehead atoms. The number of nitrogens with one attached hydrogen (secondary N) is 1. The average molecular weight is 428 g/mol. The number of hydrogen-bond acceptors (Lipinski definition) is 5. The number of fused-ring (bicyclic) bond motifs is 1. The molecule has 1 heterocycles. The van der Waals surface area contributed by atoms with Gasteiger partial charge in [-0.25, -0.2) is 0 Å². The molecule has 0 saturated heterocycles. The maximum Gasteiger partial charge on any atom is 0.237 e. The summed E-state index contributed by atoms with van der Waals surface area (Å²) in [5.41, 5.74) is 7.92. The highest BCUT2D eigenvalue weighted by atomic mass is 35.5. The second-order valence-electron chi connectivity index (χ2n) is 8.28. The van der Waals surface area contributed by atoms with Gasteiger partial charge in [0.2, 0.25) is 11.8 Å². The van der Waals surface area contributed by atoms with E-state index < -0.39 is 6.04 Å². The minimum atomic E-state index is -0.561. The Morgan fingerprint density at radius 3 is 2.31 bits per heavy atom. The third-order valence-corrected chi connectivity index (χ3v) is 5.15. The highest BCUT2D eigenvalue weighted by Crippen LogP contribution is 2.33. The Kier molecular flexibility index (Phi) is 9.23. The Bertz CT molecular complexity index is 719. The van der Waals surface area contributed by atoms with Crippen molar-refractivity contribution in [2.45, 2.75) is 52.6 Å². The normalized spacial score (nSPS) is 14.3. The van der Waals surface area contributed by atoms with Crippen molar-refractivity contribution in [1.82, 2.24) is 10.2 Å². The molecule has 0 saturated carbocycles. The molecule has 2 amide bonds. The van der Waals surface area contributed by atoms with E-state index in [1.807, 2.05) is 37.8 Å². The number of hydrogen-bond donors (Lipinski definition) is 2. The Morgan fingerprint density at radius 2 is 1.76 bits per heavy atom. The molecule has 0 aromatic heterocycles. The van der Waals surface area contributed by atoms with Gasteiger partial charge in [0, 0.05) is 26.1 Å². The first-order chi connectivity index (χ1) is 13.2. The molecule has 0 fully saturated rings. The molecule has 0 spiro atoms. The molecule has 0 aliphatic carbocycles. The SMILES string of the molecule is COc1cc2c(cc1OC)CN(C(=O)CCCNC(=O)[C@@H](N)C(C)(C)C)CC2.Cl. The van der Waals surface area contributed by atoms with E-state index in [2.05, 4.69) is 5.32 Å². The number of benzene rings is 1. The van der Waals surface area contributed by atoms with Gasteiger partial charge in [-0.15, -0.1) is 12.4 Å². The van der Waals surface area contributed by atoms with Crippen LogP contribution in [0.5, 0.6) is 11.5 Å². The van der Waals surface area contributed by atoms with Crippen LogP contribution in [0, 0.1) is 5.41 Å². The second kappa shape index (κ2) is 10.7. The van der Waals surface area contributed by atoms with Crippen LogP contribution in [0.25, 0.3) is 0 Å². The van der Waals surface area contributed by atoms with Crippen LogP contribution in [0.4, 0.5) is 0 Å². The Balaban J connectivity index is 0.00000420. The maximum absolute atomic E-state index is 12.6. The van der Waals surface area contributed by atoms with Gasteiger partial charge in [-0.2, -0.15) is 0 Å². The summed E-state index contributed by atoms with van der Waals surface area (Å²) in [6.07, 6.45) is 1.78. The molecule has 1 aromatic rings. The topological polar surface area (TPSA) is 93.9 Å². The monoisotopic (exact) mass is 427 g/mol. The lowest BCUT2D eigenvalue weighted by Crippen LogP contribution is -2.48.